The summed E-state index contributed by atoms with van der Waals surface area (Å²) in [6.45, 7) is 1.72. The molecule has 11 heteroatoms. The van der Waals surface area contributed by atoms with Gasteiger partial charge in [-0.25, -0.2) is 9.97 Å². The van der Waals surface area contributed by atoms with Gasteiger partial charge in [0.2, 0.25) is 5.95 Å². The largest absolute Gasteiger partial charge is 0.505 e. The molecule has 33 heavy (non-hydrogen) atoms. The zero-order valence-corrected chi connectivity index (χ0v) is 17.0. The van der Waals surface area contributed by atoms with E-state index in [-0.39, 0.29) is 33.9 Å². The minimum Gasteiger partial charge on any atom is -0.505 e. The van der Waals surface area contributed by atoms with E-state index in [1.54, 1.807) is 13.0 Å². The van der Waals surface area contributed by atoms with Crippen LogP contribution >= 0.6 is 0 Å². The first-order valence-electron chi connectivity index (χ1n) is 9.63. The molecule has 2 heterocycles. The molecule has 2 aromatic carbocycles. The van der Waals surface area contributed by atoms with Crippen LogP contribution in [-0.2, 0) is 6.18 Å². The summed E-state index contributed by atoms with van der Waals surface area (Å²) in [5, 5.41) is 25.8. The van der Waals surface area contributed by atoms with Crippen molar-refractivity contribution in [3.05, 3.63) is 93.4 Å². The standard InChI is InChI=1S/C22H16F3N5O3/c1-12-8-10-27-21(28-12)29-18(13-4-6-14(7-5-13)22(23,24)25)16-11-17(30(32)33)15-3-2-9-26-19(15)20(16)31/h2-11,18,31H,1H3,(H,27,28,29)/t18-/m1/s1. The van der Waals surface area contributed by atoms with Crippen molar-refractivity contribution in [1.29, 1.82) is 0 Å². The van der Waals surface area contributed by atoms with E-state index in [0.29, 0.717) is 11.3 Å². The molecule has 2 N–H and O–H groups in total. The molecular weight excluding hydrogens is 439 g/mol. The summed E-state index contributed by atoms with van der Waals surface area (Å²) < 4.78 is 39.2. The van der Waals surface area contributed by atoms with E-state index in [1.807, 2.05) is 0 Å². The predicted octanol–water partition coefficient (Wildman–Crippen LogP) is 5.17. The first-order chi connectivity index (χ1) is 15.6. The first-order valence-corrected chi connectivity index (χ1v) is 9.63. The number of halogens is 3. The Morgan fingerprint density at radius 2 is 1.82 bits per heavy atom. The van der Waals surface area contributed by atoms with Crippen LogP contribution in [0, 0.1) is 17.0 Å². The van der Waals surface area contributed by atoms with E-state index < -0.39 is 22.7 Å². The number of nitrogens with zero attached hydrogens (tertiary/aromatic N) is 4. The van der Waals surface area contributed by atoms with Crippen molar-refractivity contribution in [1.82, 2.24) is 15.0 Å². The average Bonchev–Trinajstić information content (AvgIpc) is 2.78. The Morgan fingerprint density at radius 3 is 2.45 bits per heavy atom. The van der Waals surface area contributed by atoms with Gasteiger partial charge < -0.3 is 10.4 Å². The normalized spacial score (nSPS) is 12.5. The van der Waals surface area contributed by atoms with E-state index in [4.69, 9.17) is 0 Å². The van der Waals surface area contributed by atoms with Gasteiger partial charge in [-0.2, -0.15) is 13.2 Å². The lowest BCUT2D eigenvalue weighted by atomic mass is 9.94. The van der Waals surface area contributed by atoms with Crippen molar-refractivity contribution in [2.24, 2.45) is 0 Å². The topological polar surface area (TPSA) is 114 Å². The van der Waals surface area contributed by atoms with Crippen molar-refractivity contribution in [2.45, 2.75) is 19.1 Å². The number of hydrogen-bond acceptors (Lipinski definition) is 7. The van der Waals surface area contributed by atoms with Gasteiger partial charge in [-0.3, -0.25) is 15.1 Å². The molecular formula is C22H16F3N5O3. The molecule has 0 radical (unpaired) electrons. The molecule has 8 nitrogen and oxygen atoms in total. The van der Waals surface area contributed by atoms with E-state index in [9.17, 15) is 28.4 Å². The highest BCUT2D eigenvalue weighted by Crippen LogP contribution is 2.41. The van der Waals surface area contributed by atoms with Crippen LogP contribution in [0.15, 0.2) is 60.9 Å². The van der Waals surface area contributed by atoms with Crippen LogP contribution in [0.1, 0.15) is 28.4 Å². The molecule has 2 aromatic heterocycles. The highest BCUT2D eigenvalue weighted by Gasteiger charge is 2.31. The van der Waals surface area contributed by atoms with Gasteiger partial charge in [-0.15, -0.1) is 0 Å². The minimum absolute atomic E-state index is 0.00873. The molecule has 0 fully saturated rings. The number of nitro benzene ring substituents is 1. The molecule has 0 aliphatic heterocycles. The third-order valence-electron chi connectivity index (χ3n) is 5.02. The number of alkyl halides is 3. The van der Waals surface area contributed by atoms with Gasteiger partial charge >= 0.3 is 6.18 Å². The zero-order valence-electron chi connectivity index (χ0n) is 17.0. The number of phenols is 1. The van der Waals surface area contributed by atoms with Gasteiger partial charge in [0.25, 0.3) is 5.69 Å². The quantitative estimate of drug-likeness (QED) is 0.315. The number of rotatable bonds is 5. The second-order valence-corrected chi connectivity index (χ2v) is 7.21. The van der Waals surface area contributed by atoms with Crippen LogP contribution in [0.4, 0.5) is 24.8 Å². The van der Waals surface area contributed by atoms with Gasteiger partial charge in [0.1, 0.15) is 11.3 Å². The number of benzene rings is 2. The summed E-state index contributed by atoms with van der Waals surface area (Å²) in [7, 11) is 0. The van der Waals surface area contributed by atoms with Crippen molar-refractivity contribution in [3.8, 4) is 5.75 Å². The number of nitro groups is 1. The lowest BCUT2D eigenvalue weighted by Gasteiger charge is -2.22. The van der Waals surface area contributed by atoms with Gasteiger partial charge in [-0.1, -0.05) is 12.1 Å². The lowest BCUT2D eigenvalue weighted by molar-refractivity contribution is -0.383. The monoisotopic (exact) mass is 455 g/mol. The maximum atomic E-state index is 13.1. The van der Waals surface area contributed by atoms with E-state index in [2.05, 4.69) is 20.3 Å². The SMILES string of the molecule is Cc1ccnc(N[C@H](c2ccc(C(F)(F)F)cc2)c2cc([N+](=O)[O-])c3cccnc3c2O)n1. The Labute approximate surface area is 184 Å². The van der Waals surface area contributed by atoms with Gasteiger partial charge in [0, 0.05) is 29.7 Å². The van der Waals surface area contributed by atoms with Crippen molar-refractivity contribution in [2.75, 3.05) is 5.32 Å². The van der Waals surface area contributed by atoms with Crippen molar-refractivity contribution in [3.63, 3.8) is 0 Å². The number of phenolic OH excluding ortho intramolecular Hbond substituents is 1. The van der Waals surface area contributed by atoms with Crippen LogP contribution < -0.4 is 5.32 Å². The summed E-state index contributed by atoms with van der Waals surface area (Å²) in [6, 6.07) is 9.01. The second kappa shape index (κ2) is 8.34. The Kier molecular flexibility index (Phi) is 5.54. The first kappa shape index (κ1) is 21.9. The number of anilines is 1. The Balaban J connectivity index is 1.92. The molecule has 0 unspecified atom stereocenters. The molecule has 0 bridgehead atoms. The molecule has 0 spiro atoms. The lowest BCUT2D eigenvalue weighted by Crippen LogP contribution is -2.16. The molecule has 168 valence electrons. The predicted molar refractivity (Wildman–Crippen MR) is 114 cm³/mol. The van der Waals surface area contributed by atoms with Crippen LogP contribution in [0.3, 0.4) is 0 Å². The zero-order chi connectivity index (χ0) is 23.8. The maximum Gasteiger partial charge on any atom is 0.416 e. The van der Waals surface area contributed by atoms with Gasteiger partial charge in [-0.05, 0) is 42.8 Å². The summed E-state index contributed by atoms with van der Waals surface area (Å²) >= 11 is 0. The third kappa shape index (κ3) is 4.38. The number of aromatic nitrogens is 3. The molecule has 4 aromatic rings. The van der Waals surface area contributed by atoms with Crippen molar-refractivity contribution < 1.29 is 23.2 Å². The highest BCUT2D eigenvalue weighted by molar-refractivity contribution is 5.93. The van der Waals surface area contributed by atoms with E-state index in [0.717, 1.165) is 12.1 Å². The molecule has 0 aliphatic carbocycles. The Hall–Kier alpha value is -4.28. The number of non-ortho nitro benzene ring substituents is 1. The smallest absolute Gasteiger partial charge is 0.416 e. The fourth-order valence-electron chi connectivity index (χ4n) is 3.45. The van der Waals surface area contributed by atoms with Crippen molar-refractivity contribution >= 4 is 22.5 Å². The summed E-state index contributed by atoms with van der Waals surface area (Å²) in [4.78, 5) is 23.5. The highest BCUT2D eigenvalue weighted by atomic mass is 19.4. The fraction of sp³-hybridized carbons (Fsp3) is 0.136. The fourth-order valence-corrected chi connectivity index (χ4v) is 3.45. The van der Waals surface area contributed by atoms with Crippen LogP contribution in [0.25, 0.3) is 10.9 Å². The van der Waals surface area contributed by atoms with Crippen LogP contribution in [-0.4, -0.2) is 25.0 Å². The number of pyridine rings is 1. The van der Waals surface area contributed by atoms with Crippen LogP contribution in [0.2, 0.25) is 0 Å². The summed E-state index contributed by atoms with van der Waals surface area (Å²) in [5.74, 6) is -0.218. The molecule has 4 rings (SSSR count). The van der Waals surface area contributed by atoms with E-state index in [1.165, 1.54) is 42.7 Å². The minimum atomic E-state index is -4.53. The van der Waals surface area contributed by atoms with Crippen LogP contribution in [0.5, 0.6) is 5.75 Å². The number of aromatic hydroxyl groups is 1. The Bertz CT molecular complexity index is 1340. The molecule has 0 amide bonds. The number of aryl methyl sites for hydroxylation is 1. The van der Waals surface area contributed by atoms with E-state index >= 15 is 0 Å². The second-order valence-electron chi connectivity index (χ2n) is 7.21. The molecule has 0 aliphatic rings. The van der Waals surface area contributed by atoms with Gasteiger partial charge in [0.15, 0.2) is 0 Å². The number of hydrogen-bond donors (Lipinski definition) is 2. The summed E-state index contributed by atoms with van der Waals surface area (Å²) in [5.41, 5.74) is -0.215. The average molecular weight is 455 g/mol. The number of fused-ring (bicyclic) bond motifs is 1. The molecule has 0 saturated carbocycles. The molecule has 0 saturated heterocycles. The third-order valence-corrected chi connectivity index (χ3v) is 5.02. The maximum absolute atomic E-state index is 13.1. The molecule has 1 atom stereocenters. The Morgan fingerprint density at radius 1 is 1.09 bits per heavy atom. The number of nitrogens with one attached hydrogen (secondary N) is 1. The summed E-state index contributed by atoms with van der Waals surface area (Å²) in [6.07, 6.45) is -1.67. The van der Waals surface area contributed by atoms with Gasteiger partial charge in [0.05, 0.1) is 21.9 Å².